The van der Waals surface area contributed by atoms with Gasteiger partial charge in [-0.15, -0.1) is 11.8 Å². The third kappa shape index (κ3) is 4.24. The molecular formula is C12H18N2OS. The van der Waals surface area contributed by atoms with Crippen molar-refractivity contribution >= 4 is 17.7 Å². The van der Waals surface area contributed by atoms with Gasteiger partial charge < -0.3 is 10.6 Å². The summed E-state index contributed by atoms with van der Waals surface area (Å²) in [5.41, 5.74) is 6.65. The molecule has 2 N–H and O–H groups in total. The molecule has 0 unspecified atom stereocenters. The quantitative estimate of drug-likeness (QED) is 0.794. The van der Waals surface area contributed by atoms with Gasteiger partial charge in [0, 0.05) is 37.7 Å². The second-order valence-corrected chi connectivity index (χ2v) is 4.90. The van der Waals surface area contributed by atoms with Gasteiger partial charge in [-0.3, -0.25) is 4.79 Å². The number of carbonyl (C=O) groups excluding carboxylic acids is 1. The van der Waals surface area contributed by atoms with Crippen LogP contribution in [0.25, 0.3) is 0 Å². The number of thioether (sulfide) groups is 1. The lowest BCUT2D eigenvalue weighted by atomic mass is 10.2. The molecule has 0 aliphatic rings. The summed E-state index contributed by atoms with van der Waals surface area (Å²) in [6.07, 6.45) is 0.580. The predicted octanol–water partition coefficient (Wildman–Crippen LogP) is 1.72. The normalized spacial score (nSPS) is 10.2. The van der Waals surface area contributed by atoms with E-state index in [1.807, 2.05) is 24.3 Å². The van der Waals surface area contributed by atoms with Crippen molar-refractivity contribution in [3.05, 3.63) is 29.8 Å². The third-order valence-corrected chi connectivity index (χ3v) is 3.26. The van der Waals surface area contributed by atoms with Crippen LogP contribution >= 0.6 is 11.8 Å². The fourth-order valence-corrected chi connectivity index (χ4v) is 2.04. The van der Waals surface area contributed by atoms with E-state index in [4.69, 9.17) is 5.73 Å². The van der Waals surface area contributed by atoms with Gasteiger partial charge in [-0.25, -0.2) is 0 Å². The number of nitrogens with two attached hydrogens (primary N) is 1. The molecule has 16 heavy (non-hydrogen) atoms. The van der Waals surface area contributed by atoms with E-state index in [1.165, 1.54) is 4.90 Å². The summed E-state index contributed by atoms with van der Waals surface area (Å²) in [4.78, 5) is 14.1. The zero-order valence-electron chi connectivity index (χ0n) is 9.77. The molecule has 0 heterocycles. The third-order valence-electron chi connectivity index (χ3n) is 2.24. The molecule has 0 spiro atoms. The van der Waals surface area contributed by atoms with Crippen LogP contribution in [0.2, 0.25) is 0 Å². The maximum absolute atomic E-state index is 11.3. The Bertz CT molecular complexity index is 335. The van der Waals surface area contributed by atoms with E-state index in [0.717, 1.165) is 11.3 Å². The Balaban J connectivity index is 2.34. The minimum Gasteiger partial charge on any atom is -0.349 e. The Hall–Kier alpha value is -1.00. The van der Waals surface area contributed by atoms with Crippen LogP contribution in [0.4, 0.5) is 0 Å². The zero-order valence-corrected chi connectivity index (χ0v) is 10.6. The minimum atomic E-state index is 0.172. The van der Waals surface area contributed by atoms with Crippen LogP contribution in [-0.4, -0.2) is 30.7 Å². The van der Waals surface area contributed by atoms with Crippen LogP contribution in [0, 0.1) is 0 Å². The van der Waals surface area contributed by atoms with Crippen molar-refractivity contribution in [3.8, 4) is 0 Å². The van der Waals surface area contributed by atoms with Crippen molar-refractivity contribution in [3.63, 3.8) is 0 Å². The average molecular weight is 238 g/mol. The second kappa shape index (κ2) is 6.55. The van der Waals surface area contributed by atoms with Crippen molar-refractivity contribution < 1.29 is 4.79 Å². The maximum atomic E-state index is 11.3. The number of rotatable bonds is 5. The molecule has 1 amide bonds. The van der Waals surface area contributed by atoms with Crippen molar-refractivity contribution in [2.45, 2.75) is 17.9 Å². The van der Waals surface area contributed by atoms with E-state index in [0.29, 0.717) is 13.0 Å². The highest BCUT2D eigenvalue weighted by Crippen LogP contribution is 2.19. The first kappa shape index (κ1) is 13.1. The predicted molar refractivity (Wildman–Crippen MR) is 68.4 cm³/mol. The molecule has 1 aromatic carbocycles. The summed E-state index contributed by atoms with van der Waals surface area (Å²) >= 11 is 1.70. The first-order valence-electron chi connectivity index (χ1n) is 5.25. The van der Waals surface area contributed by atoms with Gasteiger partial charge in [0.05, 0.1) is 0 Å². The van der Waals surface area contributed by atoms with Crippen molar-refractivity contribution in [1.29, 1.82) is 0 Å². The lowest BCUT2D eigenvalue weighted by molar-refractivity contribution is -0.128. The molecule has 0 saturated heterocycles. The van der Waals surface area contributed by atoms with Crippen LogP contribution < -0.4 is 5.73 Å². The minimum absolute atomic E-state index is 0.172. The highest BCUT2D eigenvalue weighted by Gasteiger charge is 2.03. The molecule has 0 bridgehead atoms. The largest absolute Gasteiger partial charge is 0.349 e. The topological polar surface area (TPSA) is 46.3 Å². The van der Waals surface area contributed by atoms with Gasteiger partial charge in [0.1, 0.15) is 0 Å². The number of hydrogen-bond acceptors (Lipinski definition) is 3. The monoisotopic (exact) mass is 238 g/mol. The van der Waals surface area contributed by atoms with Crippen LogP contribution in [-0.2, 0) is 11.3 Å². The van der Waals surface area contributed by atoms with E-state index >= 15 is 0 Å². The molecule has 0 fully saturated rings. The first-order valence-corrected chi connectivity index (χ1v) is 6.24. The molecule has 88 valence electrons. The van der Waals surface area contributed by atoms with E-state index in [-0.39, 0.29) is 5.91 Å². The molecule has 4 heteroatoms. The fourth-order valence-electron chi connectivity index (χ4n) is 1.20. The Labute approximate surface area is 101 Å². The SMILES string of the molecule is CN(C)C(=O)CCSc1ccc(CN)cc1. The summed E-state index contributed by atoms with van der Waals surface area (Å²) in [5, 5.41) is 0. The lowest BCUT2D eigenvalue weighted by Gasteiger charge is -2.09. The summed E-state index contributed by atoms with van der Waals surface area (Å²) in [7, 11) is 3.56. The molecule has 0 aliphatic carbocycles. The number of carbonyl (C=O) groups is 1. The molecule has 0 aromatic heterocycles. The van der Waals surface area contributed by atoms with Gasteiger partial charge in [0.15, 0.2) is 0 Å². The van der Waals surface area contributed by atoms with Crippen LogP contribution in [0.3, 0.4) is 0 Å². The second-order valence-electron chi connectivity index (χ2n) is 3.73. The summed E-state index contributed by atoms with van der Waals surface area (Å²) in [6, 6.07) is 8.15. The molecule has 3 nitrogen and oxygen atoms in total. The maximum Gasteiger partial charge on any atom is 0.222 e. The number of benzene rings is 1. The van der Waals surface area contributed by atoms with Gasteiger partial charge in [-0.05, 0) is 17.7 Å². The van der Waals surface area contributed by atoms with Crippen LogP contribution in [0.15, 0.2) is 29.2 Å². The smallest absolute Gasteiger partial charge is 0.222 e. The number of amides is 1. The van der Waals surface area contributed by atoms with Gasteiger partial charge in [0.2, 0.25) is 5.91 Å². The summed E-state index contributed by atoms with van der Waals surface area (Å²) in [5.74, 6) is 0.991. The van der Waals surface area contributed by atoms with Gasteiger partial charge >= 0.3 is 0 Å². The van der Waals surface area contributed by atoms with E-state index < -0.39 is 0 Å². The lowest BCUT2D eigenvalue weighted by Crippen LogP contribution is -2.21. The van der Waals surface area contributed by atoms with Gasteiger partial charge in [0.25, 0.3) is 0 Å². The summed E-state index contributed by atoms with van der Waals surface area (Å²) in [6.45, 7) is 0.573. The fraction of sp³-hybridized carbons (Fsp3) is 0.417. The zero-order chi connectivity index (χ0) is 12.0. The molecule has 1 rings (SSSR count). The molecule has 1 aromatic rings. The van der Waals surface area contributed by atoms with Crippen molar-refractivity contribution in [2.75, 3.05) is 19.8 Å². The molecule has 0 radical (unpaired) electrons. The van der Waals surface area contributed by atoms with Gasteiger partial charge in [-0.1, -0.05) is 12.1 Å². The molecule has 0 aliphatic heterocycles. The van der Waals surface area contributed by atoms with E-state index in [2.05, 4.69) is 0 Å². The standard InChI is InChI=1S/C12H18N2OS/c1-14(2)12(15)7-8-16-11-5-3-10(9-13)4-6-11/h3-6H,7-9,13H2,1-2H3. The Morgan fingerprint density at radius 1 is 1.31 bits per heavy atom. The van der Waals surface area contributed by atoms with Crippen molar-refractivity contribution in [2.24, 2.45) is 5.73 Å². The number of hydrogen-bond donors (Lipinski definition) is 1. The van der Waals surface area contributed by atoms with E-state index in [1.54, 1.807) is 30.8 Å². The highest BCUT2D eigenvalue weighted by atomic mass is 32.2. The van der Waals surface area contributed by atoms with Crippen molar-refractivity contribution in [1.82, 2.24) is 4.90 Å². The molecule has 0 saturated carbocycles. The molecular weight excluding hydrogens is 220 g/mol. The Morgan fingerprint density at radius 2 is 1.94 bits per heavy atom. The Kier molecular flexibility index (Phi) is 5.35. The number of nitrogens with zero attached hydrogens (tertiary/aromatic N) is 1. The van der Waals surface area contributed by atoms with Gasteiger partial charge in [-0.2, -0.15) is 0 Å². The Morgan fingerprint density at radius 3 is 2.44 bits per heavy atom. The highest BCUT2D eigenvalue weighted by molar-refractivity contribution is 7.99. The first-order chi connectivity index (χ1) is 7.63. The molecule has 0 atom stereocenters. The van der Waals surface area contributed by atoms with E-state index in [9.17, 15) is 4.79 Å². The summed E-state index contributed by atoms with van der Waals surface area (Å²) < 4.78 is 0. The van der Waals surface area contributed by atoms with Crippen LogP contribution in [0.1, 0.15) is 12.0 Å². The van der Waals surface area contributed by atoms with Crippen LogP contribution in [0.5, 0.6) is 0 Å². The average Bonchev–Trinajstić information content (AvgIpc) is 2.29.